The fraction of sp³-hybridized carbons (Fsp3) is 0.476. The fourth-order valence-corrected chi connectivity index (χ4v) is 10.9. The molecule has 0 radical (unpaired) electrons. The number of carbonyl (C=O) groups excluding carboxylic acids is 1. The molecule has 1 fully saturated rings. The zero-order valence-corrected chi connectivity index (χ0v) is 43.1. The van der Waals surface area contributed by atoms with Crippen molar-refractivity contribution in [2.75, 3.05) is 38.4 Å². The number of carbonyl (C=O) groups is 1. The zero-order valence-electron chi connectivity index (χ0n) is 39.6. The van der Waals surface area contributed by atoms with Gasteiger partial charge in [-0.1, -0.05) is 64.7 Å². The highest BCUT2D eigenvalue weighted by atomic mass is 32.2. The minimum Gasteiger partial charge on any atom is -0.790 e. The summed E-state index contributed by atoms with van der Waals surface area (Å²) in [6.45, 7) is 8.41. The van der Waals surface area contributed by atoms with Crippen LogP contribution >= 0.6 is 23.5 Å². The summed E-state index contributed by atoms with van der Waals surface area (Å²) < 4.78 is 91.5. The maximum atomic E-state index is 12.2. The van der Waals surface area contributed by atoms with Gasteiger partial charge in [0.2, 0.25) is 5.69 Å². The van der Waals surface area contributed by atoms with Crippen LogP contribution in [-0.2, 0) is 58.4 Å². The molecule has 5 N–H and O–H groups in total. The van der Waals surface area contributed by atoms with Crippen molar-refractivity contribution in [1.29, 1.82) is 0 Å². The number of aryl methyl sites for hydroxylation is 1. The lowest BCUT2D eigenvalue weighted by atomic mass is 9.83. The van der Waals surface area contributed by atoms with Gasteiger partial charge in [-0.05, 0) is 49.2 Å². The lowest BCUT2D eigenvalue weighted by Gasteiger charge is -2.37. The fourth-order valence-electron chi connectivity index (χ4n) is 7.57. The molecule has 2 aliphatic heterocycles. The monoisotopic (exact) mass is 1090 g/mol. The predicted molar refractivity (Wildman–Crippen MR) is 247 cm³/mol. The Bertz CT molecular complexity index is 2870. The number of nitrogens with zero attached hydrogens (tertiary/aromatic N) is 3. The number of ether oxygens (including phenoxy) is 2. The van der Waals surface area contributed by atoms with Crippen molar-refractivity contribution in [2.24, 2.45) is 0 Å². The van der Waals surface area contributed by atoms with Gasteiger partial charge in [0.1, 0.15) is 40.5 Å². The van der Waals surface area contributed by atoms with E-state index in [4.69, 9.17) is 14.6 Å². The first-order valence-corrected chi connectivity index (χ1v) is 27.8. The van der Waals surface area contributed by atoms with Gasteiger partial charge in [0.25, 0.3) is 21.2 Å². The first-order chi connectivity index (χ1) is 33.6. The molecule has 2 aromatic heterocycles. The van der Waals surface area contributed by atoms with Crippen molar-refractivity contribution in [3.63, 3.8) is 0 Å². The van der Waals surface area contributed by atoms with Gasteiger partial charge in [0.05, 0.1) is 38.7 Å². The number of pyridine rings is 1. The van der Waals surface area contributed by atoms with Gasteiger partial charge in [-0.3, -0.25) is 33.1 Å². The van der Waals surface area contributed by atoms with Crippen molar-refractivity contribution in [1.82, 2.24) is 14.9 Å². The zero-order chi connectivity index (χ0) is 53.8. The molecule has 5 rings (SSSR count). The number of unbranched alkanes of at least 4 members (excludes halogenated alkanes) is 4. The van der Waals surface area contributed by atoms with E-state index in [0.717, 1.165) is 48.2 Å². The van der Waals surface area contributed by atoms with Crippen LogP contribution in [0.25, 0.3) is 12.2 Å². The van der Waals surface area contributed by atoms with Crippen LogP contribution in [0.2, 0.25) is 0 Å². The Hall–Kier alpha value is -4.34. The number of phosphoric ester groups is 1. The van der Waals surface area contributed by atoms with Gasteiger partial charge in [0.15, 0.2) is 12.4 Å². The van der Waals surface area contributed by atoms with E-state index < -0.39 is 81.4 Å². The minimum absolute atomic E-state index is 0.105. The Morgan fingerprint density at radius 2 is 1.68 bits per heavy atom. The molecule has 6 unspecified atom stereocenters. The highest BCUT2D eigenvalue weighted by Gasteiger charge is 2.45. The molecular formula is C42H56N5O21P3S-4. The Kier molecular flexibility index (Phi) is 21.5. The third-order valence-electron chi connectivity index (χ3n) is 11.1. The number of H-pyrrole nitrogens is 1. The molecule has 0 aliphatic carbocycles. The van der Waals surface area contributed by atoms with Crippen molar-refractivity contribution in [2.45, 2.75) is 101 Å². The van der Waals surface area contributed by atoms with Crippen LogP contribution in [-0.4, -0.2) is 95.7 Å². The Morgan fingerprint density at radius 1 is 0.986 bits per heavy atom. The normalized spacial score (nSPS) is 21.1. The molecule has 2 aliphatic rings. The lowest BCUT2D eigenvalue weighted by molar-refractivity contribution is -0.695. The molecule has 4 heterocycles. The molecule has 6 atom stereocenters. The summed E-state index contributed by atoms with van der Waals surface area (Å²) in [4.78, 5) is 83.4. The number of methoxy groups -OCH3 is 1. The number of phosphoric acid groups is 3. The van der Waals surface area contributed by atoms with Crippen LogP contribution in [0.1, 0.15) is 93.2 Å². The first kappa shape index (κ1) is 60.2. The second kappa shape index (κ2) is 25.7. The number of esters is 1. The maximum Gasteiger partial charge on any atom is 0.343 e. The minimum atomic E-state index is -6.21. The van der Waals surface area contributed by atoms with E-state index in [1.165, 1.54) is 50.7 Å². The molecule has 30 heteroatoms. The van der Waals surface area contributed by atoms with E-state index in [-0.39, 0.29) is 29.7 Å². The first-order valence-electron chi connectivity index (χ1n) is 22.0. The number of aliphatic hydroxyl groups excluding tert-OH is 3. The number of aliphatic hydroxyl groups is 3. The highest BCUT2D eigenvalue weighted by Crippen LogP contribution is 2.60. The standard InChI is InChI=1S/C29H38N2O5S.C13H22N3O16P3/c1-6-8-9-10-11-19-31-26-18-17-24(37(33,34)35)20-25(26)29(3,4)27(31)14-12-13-23-16-15-22(28(32)36-5)21-30(23)7-2;17-6-14-3-1-2-7-4-16(13(21)15-11(7)20)12-10(19)9(18)8(30-12)5-29-34(25,26)32-35(27,28)31-33(22,23)24/h12-18,20-21H,6-11,19H2,1-5H3;1-2,4,8-10,12,14,17-19H,3,5-6H2,(H,25,26)(H,27,28)(H,15,20,21)(H2,22,23,24)/p-4/b;2-1+. The maximum absolute atomic E-state index is 12.2. The molecule has 400 valence electrons. The molecule has 0 saturated carbocycles. The highest BCUT2D eigenvalue weighted by molar-refractivity contribution is 7.85. The van der Waals surface area contributed by atoms with Gasteiger partial charge in [-0.15, -0.1) is 0 Å². The molecule has 3 aromatic rings. The van der Waals surface area contributed by atoms with Gasteiger partial charge in [0, 0.05) is 48.2 Å². The molecule has 26 nitrogen and oxygen atoms in total. The number of fused-ring (bicyclic) bond motifs is 1. The molecule has 0 amide bonds. The van der Waals surface area contributed by atoms with Crippen molar-refractivity contribution < 1.29 is 93.5 Å². The van der Waals surface area contributed by atoms with E-state index >= 15 is 0 Å². The topological polar surface area (TPSA) is 399 Å². The van der Waals surface area contributed by atoms with E-state index in [0.29, 0.717) is 16.7 Å². The van der Waals surface area contributed by atoms with Crippen molar-refractivity contribution in [3.8, 4) is 0 Å². The summed E-state index contributed by atoms with van der Waals surface area (Å²) in [5, 5.41) is 31.5. The summed E-state index contributed by atoms with van der Waals surface area (Å²) in [5.41, 5.74) is 1.75. The predicted octanol–water partition coefficient (Wildman–Crippen LogP) is -0.126. The van der Waals surface area contributed by atoms with Gasteiger partial charge < -0.3 is 62.9 Å². The SMILES string of the molecule is CCCCCCCN1C(=CC=Cc2ccc(C(=O)OC)c[n+]2CC)C(C)(C)c2cc(S(=O)(=O)[O-])ccc21.O=c1[nH]c(=O)n(C2OC(COP(=O)([O-])OP(=O)([O-])OP(=O)([O-])[O-])C(O)C2O)cc1/C=C/CNCO. The number of aromatic amines is 1. The van der Waals surface area contributed by atoms with Crippen LogP contribution in [0.4, 0.5) is 5.69 Å². The van der Waals surface area contributed by atoms with Crippen LogP contribution in [0.5, 0.6) is 0 Å². The summed E-state index contributed by atoms with van der Waals surface area (Å²) in [6, 6.07) is 8.33. The summed E-state index contributed by atoms with van der Waals surface area (Å²) in [5.74, 6) is -0.376. The largest absolute Gasteiger partial charge is 0.790 e. The number of benzene rings is 1. The molecule has 72 heavy (non-hydrogen) atoms. The summed E-state index contributed by atoms with van der Waals surface area (Å²) in [7, 11) is -21.5. The molecule has 1 saturated heterocycles. The van der Waals surface area contributed by atoms with E-state index in [1.54, 1.807) is 18.3 Å². The van der Waals surface area contributed by atoms with Crippen molar-refractivity contribution in [3.05, 3.63) is 110 Å². The number of anilines is 1. The Morgan fingerprint density at radius 3 is 2.31 bits per heavy atom. The van der Waals surface area contributed by atoms with E-state index in [2.05, 4.69) is 50.2 Å². The number of rotatable bonds is 23. The van der Waals surface area contributed by atoms with Gasteiger partial charge >= 0.3 is 11.7 Å². The summed E-state index contributed by atoms with van der Waals surface area (Å²) in [6.07, 6.45) is 9.97. The molecular weight excluding hydrogens is 1040 g/mol. The average Bonchev–Trinajstić information content (AvgIpc) is 3.69. The quantitative estimate of drug-likeness (QED) is 0.0206. The smallest absolute Gasteiger partial charge is 0.343 e. The number of aromatic nitrogens is 3. The number of hydrogen-bond donors (Lipinski definition) is 5. The third-order valence-corrected chi connectivity index (χ3v) is 15.6. The van der Waals surface area contributed by atoms with Gasteiger partial charge in [-0.2, -0.15) is 4.57 Å². The van der Waals surface area contributed by atoms with E-state index in [9.17, 15) is 70.8 Å². The second-order valence-electron chi connectivity index (χ2n) is 16.5. The van der Waals surface area contributed by atoms with Crippen LogP contribution in [0, 0.1) is 0 Å². The molecule has 0 bridgehead atoms. The van der Waals surface area contributed by atoms with Crippen LogP contribution in [0.15, 0.2) is 81.1 Å². The lowest BCUT2D eigenvalue weighted by Crippen LogP contribution is -2.38. The molecule has 0 spiro atoms. The average molecular weight is 1090 g/mol. The van der Waals surface area contributed by atoms with Gasteiger partial charge in [-0.25, -0.2) is 22.3 Å². The number of nitrogens with one attached hydrogen (secondary N) is 2. The van der Waals surface area contributed by atoms with E-state index in [1.807, 2.05) is 34.7 Å². The summed E-state index contributed by atoms with van der Waals surface area (Å²) >= 11 is 0. The van der Waals surface area contributed by atoms with Crippen molar-refractivity contribution >= 4 is 57.4 Å². The number of allylic oxidation sites excluding steroid dienone is 3. The Balaban J connectivity index is 0.000000313. The molecule has 1 aromatic carbocycles. The third kappa shape index (κ3) is 16.6. The number of hydrogen-bond acceptors (Lipinski definition) is 23. The second-order valence-corrected chi connectivity index (χ2v) is 22.1. The Labute approximate surface area is 414 Å². The van der Waals surface area contributed by atoms with Crippen LogP contribution < -0.4 is 45.6 Å². The van der Waals surface area contributed by atoms with Crippen LogP contribution in [0.3, 0.4) is 0 Å².